The van der Waals surface area contributed by atoms with Gasteiger partial charge in [-0.1, -0.05) is 20.8 Å². The van der Waals surface area contributed by atoms with Gasteiger partial charge >= 0.3 is 0 Å². The lowest BCUT2D eigenvalue weighted by Gasteiger charge is -2.50. The number of piperazine rings is 1. The minimum atomic E-state index is -0.605. The van der Waals surface area contributed by atoms with E-state index in [1.54, 1.807) is 0 Å². The molecule has 0 aromatic carbocycles. The van der Waals surface area contributed by atoms with Crippen LogP contribution in [0.5, 0.6) is 0 Å². The number of carbonyl (C=O) groups is 2. The summed E-state index contributed by atoms with van der Waals surface area (Å²) in [7, 11) is 0. The Kier molecular flexibility index (Phi) is 4.68. The summed E-state index contributed by atoms with van der Waals surface area (Å²) in [5, 5.41) is 6.27. The van der Waals surface area contributed by atoms with Crippen LogP contribution >= 0.6 is 0 Å². The molecule has 5 heteroatoms. The minimum Gasteiger partial charge on any atom is -0.342 e. The minimum absolute atomic E-state index is 0.0534. The largest absolute Gasteiger partial charge is 0.342 e. The maximum absolute atomic E-state index is 12.8. The first-order valence-electron chi connectivity index (χ1n) is 7.84. The van der Waals surface area contributed by atoms with Crippen LogP contribution in [0.2, 0.25) is 0 Å². The molecule has 5 nitrogen and oxygen atoms in total. The van der Waals surface area contributed by atoms with E-state index in [0.29, 0.717) is 12.5 Å². The highest BCUT2D eigenvalue weighted by Gasteiger charge is 2.52. The van der Waals surface area contributed by atoms with Crippen LogP contribution in [-0.4, -0.2) is 47.9 Å². The molecule has 2 rings (SSSR count). The molecule has 0 aromatic heterocycles. The fraction of sp³-hybridized carbons (Fsp3) is 0.867. The molecule has 1 atom stereocenters. The lowest BCUT2D eigenvalue weighted by atomic mass is 9.81. The number of nitrogens with one attached hydrogen (secondary N) is 2. The average molecular weight is 281 g/mol. The Morgan fingerprint density at radius 3 is 2.50 bits per heavy atom. The van der Waals surface area contributed by atoms with Crippen LogP contribution < -0.4 is 10.6 Å². The van der Waals surface area contributed by atoms with Crippen LogP contribution in [0, 0.1) is 5.92 Å². The van der Waals surface area contributed by atoms with E-state index in [4.69, 9.17) is 0 Å². The summed E-state index contributed by atoms with van der Waals surface area (Å²) in [6.07, 6.45) is 3.06. The second-order valence-electron chi connectivity index (χ2n) is 6.43. The summed E-state index contributed by atoms with van der Waals surface area (Å²) in [5.41, 5.74) is -0.605. The van der Waals surface area contributed by atoms with E-state index in [2.05, 4.69) is 31.4 Å². The van der Waals surface area contributed by atoms with Crippen LogP contribution in [0.25, 0.3) is 0 Å². The second-order valence-corrected chi connectivity index (χ2v) is 6.43. The summed E-state index contributed by atoms with van der Waals surface area (Å²) in [4.78, 5) is 27.3. The van der Waals surface area contributed by atoms with Crippen LogP contribution in [0.1, 0.15) is 46.5 Å². The van der Waals surface area contributed by atoms with E-state index in [1.807, 2.05) is 4.90 Å². The monoisotopic (exact) mass is 281 g/mol. The van der Waals surface area contributed by atoms with Crippen LogP contribution in [-0.2, 0) is 9.59 Å². The Bertz CT molecular complexity index is 375. The zero-order valence-electron chi connectivity index (χ0n) is 12.9. The third-order valence-electron chi connectivity index (χ3n) is 4.39. The number of amides is 2. The van der Waals surface area contributed by atoms with Crippen molar-refractivity contribution in [2.75, 3.05) is 19.6 Å². The first-order valence-corrected chi connectivity index (χ1v) is 7.84. The molecule has 20 heavy (non-hydrogen) atoms. The maximum Gasteiger partial charge on any atom is 0.246 e. The number of carbonyl (C=O) groups excluding carboxylic acids is 2. The Morgan fingerprint density at radius 2 is 1.95 bits per heavy atom. The average Bonchev–Trinajstić information content (AvgIpc) is 2.42. The molecule has 0 aromatic rings. The summed E-state index contributed by atoms with van der Waals surface area (Å²) < 4.78 is 0. The molecule has 0 radical (unpaired) electrons. The summed E-state index contributed by atoms with van der Waals surface area (Å²) >= 11 is 0. The van der Waals surface area contributed by atoms with Crippen molar-refractivity contribution in [1.82, 2.24) is 15.5 Å². The molecule has 2 heterocycles. The lowest BCUT2D eigenvalue weighted by molar-refractivity contribution is -0.160. The van der Waals surface area contributed by atoms with Gasteiger partial charge in [0.2, 0.25) is 11.8 Å². The second kappa shape index (κ2) is 6.12. The molecule has 2 amide bonds. The smallest absolute Gasteiger partial charge is 0.246 e. The summed E-state index contributed by atoms with van der Waals surface area (Å²) in [5.74, 6) is 0.564. The molecular formula is C15H27N3O2. The molecule has 0 unspecified atom stereocenters. The molecule has 0 aliphatic carbocycles. The molecule has 0 bridgehead atoms. The van der Waals surface area contributed by atoms with E-state index in [0.717, 1.165) is 38.8 Å². The zero-order valence-corrected chi connectivity index (χ0v) is 12.9. The van der Waals surface area contributed by atoms with Crippen LogP contribution in [0.15, 0.2) is 0 Å². The third kappa shape index (κ3) is 2.68. The van der Waals surface area contributed by atoms with Crippen LogP contribution in [0.3, 0.4) is 0 Å². The lowest BCUT2D eigenvalue weighted by Crippen LogP contribution is -2.72. The molecule has 2 N–H and O–H groups in total. The molecule has 1 spiro atoms. The fourth-order valence-corrected chi connectivity index (χ4v) is 3.39. The predicted molar refractivity (Wildman–Crippen MR) is 78.2 cm³/mol. The molecule has 2 fully saturated rings. The van der Waals surface area contributed by atoms with Gasteiger partial charge in [-0.3, -0.25) is 9.59 Å². The predicted octanol–water partition coefficient (Wildman–Crippen LogP) is 0.892. The zero-order chi connectivity index (χ0) is 14.8. The third-order valence-corrected chi connectivity index (χ3v) is 4.39. The highest BCUT2D eigenvalue weighted by Crippen LogP contribution is 2.31. The fourth-order valence-electron chi connectivity index (χ4n) is 3.39. The standard InChI is InChI=1S/C15H27N3O2/c1-4-9-18-13(19)12(10-11(2)3)17-14(20)15(18)5-7-16-8-6-15/h11-12,16H,4-10H2,1-3H3,(H,17,20)/t12-/m0/s1. The van der Waals surface area contributed by atoms with Gasteiger partial charge in [0.1, 0.15) is 11.6 Å². The van der Waals surface area contributed by atoms with Gasteiger partial charge in [0, 0.05) is 6.54 Å². The Balaban J connectivity index is 2.25. The first-order chi connectivity index (χ1) is 9.51. The van der Waals surface area contributed by atoms with E-state index in [-0.39, 0.29) is 17.9 Å². The number of nitrogens with zero attached hydrogens (tertiary/aromatic N) is 1. The van der Waals surface area contributed by atoms with Crippen molar-refractivity contribution in [3.8, 4) is 0 Å². The van der Waals surface area contributed by atoms with E-state index >= 15 is 0 Å². The molecule has 114 valence electrons. The van der Waals surface area contributed by atoms with Crippen molar-refractivity contribution in [2.24, 2.45) is 5.92 Å². The number of hydrogen-bond acceptors (Lipinski definition) is 3. The molecule has 2 aliphatic heterocycles. The first kappa shape index (κ1) is 15.3. The quantitative estimate of drug-likeness (QED) is 0.804. The summed E-state index contributed by atoms with van der Waals surface area (Å²) in [6, 6.07) is -0.338. The van der Waals surface area contributed by atoms with Gasteiger partial charge in [-0.25, -0.2) is 0 Å². The van der Waals surface area contributed by atoms with Crippen molar-refractivity contribution < 1.29 is 9.59 Å². The molecule has 0 saturated carbocycles. The molecular weight excluding hydrogens is 254 g/mol. The normalized spacial score (nSPS) is 26.2. The van der Waals surface area contributed by atoms with Crippen molar-refractivity contribution >= 4 is 11.8 Å². The van der Waals surface area contributed by atoms with Gasteiger partial charge in [0.15, 0.2) is 0 Å². The Morgan fingerprint density at radius 1 is 1.30 bits per heavy atom. The van der Waals surface area contributed by atoms with Crippen molar-refractivity contribution in [2.45, 2.75) is 58.0 Å². The highest BCUT2D eigenvalue weighted by molar-refractivity contribution is 6.00. The van der Waals surface area contributed by atoms with Crippen molar-refractivity contribution in [3.05, 3.63) is 0 Å². The maximum atomic E-state index is 12.8. The highest BCUT2D eigenvalue weighted by atomic mass is 16.2. The topological polar surface area (TPSA) is 61.4 Å². The molecule has 2 saturated heterocycles. The van der Waals surface area contributed by atoms with Crippen LogP contribution in [0.4, 0.5) is 0 Å². The number of rotatable bonds is 4. The van der Waals surface area contributed by atoms with Crippen molar-refractivity contribution in [3.63, 3.8) is 0 Å². The van der Waals surface area contributed by atoms with E-state index in [1.165, 1.54) is 0 Å². The van der Waals surface area contributed by atoms with E-state index < -0.39 is 5.54 Å². The SMILES string of the molecule is CCCN1C(=O)[C@H](CC(C)C)NC(=O)C12CCNCC2. The van der Waals surface area contributed by atoms with Gasteiger partial charge in [0.25, 0.3) is 0 Å². The Hall–Kier alpha value is -1.10. The number of piperidine rings is 1. The van der Waals surface area contributed by atoms with Gasteiger partial charge in [-0.05, 0) is 44.7 Å². The summed E-state index contributed by atoms with van der Waals surface area (Å²) in [6.45, 7) is 8.51. The van der Waals surface area contributed by atoms with Gasteiger partial charge in [-0.15, -0.1) is 0 Å². The number of hydrogen-bond donors (Lipinski definition) is 2. The Labute approximate surface area is 121 Å². The van der Waals surface area contributed by atoms with Gasteiger partial charge < -0.3 is 15.5 Å². The molecule has 2 aliphatic rings. The van der Waals surface area contributed by atoms with E-state index in [9.17, 15) is 9.59 Å². The van der Waals surface area contributed by atoms with Gasteiger partial charge in [0.05, 0.1) is 0 Å². The van der Waals surface area contributed by atoms with Crippen molar-refractivity contribution in [1.29, 1.82) is 0 Å². The van der Waals surface area contributed by atoms with Gasteiger partial charge in [-0.2, -0.15) is 0 Å².